The Bertz CT molecular complexity index is 1810. The molecule has 5 N–H and O–H groups in total. The van der Waals surface area contributed by atoms with Gasteiger partial charge < -0.3 is 20.9 Å². The molecule has 4 aromatic rings. The van der Waals surface area contributed by atoms with Gasteiger partial charge in [-0.05, 0) is 0 Å². The Morgan fingerprint density at radius 3 is 2.28 bits per heavy atom. The number of nitrogens with zero attached hydrogens (tertiary/aromatic N) is 7. The first-order valence-electron chi connectivity index (χ1n) is 12.5. The highest BCUT2D eigenvalue weighted by Crippen LogP contribution is 2.45. The number of hydrogen-bond donors (Lipinski definition) is 3. The van der Waals surface area contributed by atoms with Crippen molar-refractivity contribution < 1.29 is 36.3 Å². The summed E-state index contributed by atoms with van der Waals surface area (Å²) in [5.41, 5.74) is 11.5. The number of ether oxygens (including phenoxy) is 2. The number of hydrogen-bond acceptors (Lipinski definition) is 16. The maximum Gasteiger partial charge on any atom is 0.522 e. The van der Waals surface area contributed by atoms with Gasteiger partial charge in [-0.2, -0.15) is 4.98 Å². The second-order valence-corrected chi connectivity index (χ2v) is 13.2. The fourth-order valence-electron chi connectivity index (χ4n) is 5.06. The van der Waals surface area contributed by atoms with E-state index in [9.17, 15) is 4.79 Å². The van der Waals surface area contributed by atoms with E-state index in [1.54, 1.807) is 0 Å². The normalized spacial score (nSPS) is 33.7. The molecule has 17 nitrogen and oxygen atoms in total. The van der Waals surface area contributed by atoms with E-state index >= 15 is 8.78 Å². The van der Waals surface area contributed by atoms with Gasteiger partial charge in [0.2, 0.25) is 29.6 Å². The molecule has 7 rings (SSSR count). The number of rotatable bonds is 2. The number of fused-ring (bicyclic) bond motifs is 5. The maximum atomic E-state index is 15.9. The largest absolute Gasteiger partial charge is 0.522 e. The van der Waals surface area contributed by atoms with Crippen molar-refractivity contribution in [2.45, 2.75) is 49.2 Å². The standard InChI is InChI=1S/C20H19F2N10O7P2S2/c21-8-6-1-34-40(42)38-12-7(37-18(9(12)22)31-4-27-10-14(23)25-3-26-15(10)31)2-35-41(43)39-13(8)19(36-6)32-5-28-11-16(32)29-20(24)30-17(11)33/h3-9,12-13,18-19H,1-2H2,(H4-,23,24,25,26,29,30,33)/q+1/p+1/t6-,7-,8-,9?,12?,13-,18-,19-/m1/s1. The molecule has 10 atom stereocenters. The van der Waals surface area contributed by atoms with Crippen molar-refractivity contribution in [1.29, 1.82) is 0 Å². The Labute approximate surface area is 250 Å². The molecule has 0 spiro atoms. The van der Waals surface area contributed by atoms with Crippen LogP contribution in [0, 0.1) is 0 Å². The van der Waals surface area contributed by atoms with Crippen molar-refractivity contribution in [1.82, 2.24) is 39.0 Å². The molecule has 3 saturated heterocycles. The first kappa shape index (κ1) is 28.9. The highest BCUT2D eigenvalue weighted by Gasteiger charge is 2.55. The van der Waals surface area contributed by atoms with Crippen LogP contribution in [0.1, 0.15) is 12.5 Å². The molecule has 0 aromatic carbocycles. The quantitative estimate of drug-likeness (QED) is 0.252. The van der Waals surface area contributed by atoms with Gasteiger partial charge in [0.25, 0.3) is 5.56 Å². The van der Waals surface area contributed by atoms with Crippen LogP contribution in [0.4, 0.5) is 20.5 Å². The van der Waals surface area contributed by atoms with Crippen LogP contribution in [0.25, 0.3) is 22.3 Å². The Morgan fingerprint density at radius 1 is 0.860 bits per heavy atom. The summed E-state index contributed by atoms with van der Waals surface area (Å²) < 4.78 is 69.2. The summed E-state index contributed by atoms with van der Waals surface area (Å²) >= 11 is 10.7. The number of nitrogens with two attached hydrogens (primary N) is 2. The van der Waals surface area contributed by atoms with Gasteiger partial charge in [0.15, 0.2) is 59.6 Å². The molecule has 23 heteroatoms. The van der Waals surface area contributed by atoms with Crippen molar-refractivity contribution in [2.75, 3.05) is 24.7 Å². The fraction of sp³-hybridized carbons (Fsp3) is 0.500. The first-order valence-corrected chi connectivity index (χ1v) is 16.9. The molecule has 0 saturated carbocycles. The topological polar surface area (TPSA) is 215 Å². The van der Waals surface area contributed by atoms with Gasteiger partial charge in [-0.1, -0.05) is 0 Å². The number of nitrogens with one attached hydrogen (secondary N) is 1. The molecular weight excluding hydrogens is 656 g/mol. The van der Waals surface area contributed by atoms with Gasteiger partial charge in [0, 0.05) is 0 Å². The molecule has 4 unspecified atom stereocenters. The van der Waals surface area contributed by atoms with Crippen molar-refractivity contribution in [2.24, 2.45) is 0 Å². The fourth-order valence-corrected chi connectivity index (χ4v) is 7.55. The summed E-state index contributed by atoms with van der Waals surface area (Å²) in [5, 5.41) is 0. The third-order valence-electron chi connectivity index (χ3n) is 7.02. The molecule has 226 valence electrons. The lowest BCUT2D eigenvalue weighted by Crippen LogP contribution is -2.32. The molecule has 43 heavy (non-hydrogen) atoms. The predicted molar refractivity (Wildman–Crippen MR) is 150 cm³/mol. The molecule has 0 radical (unpaired) electrons. The van der Waals surface area contributed by atoms with E-state index in [1.165, 1.54) is 28.1 Å². The lowest BCUT2D eigenvalue weighted by atomic mass is 10.1. The summed E-state index contributed by atoms with van der Waals surface area (Å²) in [4.78, 5) is 35.0. The molecule has 4 aromatic heterocycles. The average Bonchev–Trinajstić information content (AvgIpc) is 3.72. The van der Waals surface area contributed by atoms with Crippen LogP contribution in [0.15, 0.2) is 23.8 Å². The first-order chi connectivity index (χ1) is 20.7. The SMILES string of the molecule is Nc1nc2c(ncn2[C@@H]2O[C@@H]3CO[P+](=S)OC4C(F)[C@H](n5cnc6c(N)ncnc65)O[C@@H]4CO[P+](=S)O[C@@H]2[C@@H]3F)c(=O)[nH]1. The van der Waals surface area contributed by atoms with Crippen molar-refractivity contribution >= 4 is 72.0 Å². The molecule has 2 bridgehead atoms. The average molecular weight is 677 g/mol. The lowest BCUT2D eigenvalue weighted by molar-refractivity contribution is -0.0514. The predicted octanol–water partition coefficient (Wildman–Crippen LogP) is 0.960. The second-order valence-electron chi connectivity index (χ2n) is 9.56. The lowest BCUT2D eigenvalue weighted by Gasteiger charge is -2.17. The molecule has 0 amide bonds. The number of aromatic amines is 1. The molecule has 3 aliphatic rings. The van der Waals surface area contributed by atoms with Crippen LogP contribution < -0.4 is 17.0 Å². The maximum absolute atomic E-state index is 15.9. The molecule has 7 heterocycles. The van der Waals surface area contributed by atoms with Crippen molar-refractivity contribution in [3.05, 3.63) is 29.3 Å². The minimum Gasteiger partial charge on any atom is -0.382 e. The van der Waals surface area contributed by atoms with Crippen molar-refractivity contribution in [3.63, 3.8) is 0 Å². The van der Waals surface area contributed by atoms with Gasteiger partial charge in [0.05, 0.1) is 12.7 Å². The minimum atomic E-state index is -2.20. The summed E-state index contributed by atoms with van der Waals surface area (Å²) in [6, 6.07) is 0. The van der Waals surface area contributed by atoms with E-state index in [1.807, 2.05) is 0 Å². The minimum absolute atomic E-state index is 0.0412. The molecule has 3 fully saturated rings. The van der Waals surface area contributed by atoms with Crippen LogP contribution >= 0.6 is 14.3 Å². The van der Waals surface area contributed by atoms with Gasteiger partial charge >= 0.3 is 14.3 Å². The number of anilines is 2. The summed E-state index contributed by atoms with van der Waals surface area (Å²) in [6.45, 7) is -0.661. The number of halogens is 2. The third-order valence-corrected chi connectivity index (χ3v) is 9.72. The van der Waals surface area contributed by atoms with E-state index in [2.05, 4.69) is 29.9 Å². The van der Waals surface area contributed by atoms with Crippen LogP contribution in [0.5, 0.6) is 0 Å². The van der Waals surface area contributed by atoms with E-state index in [-0.39, 0.29) is 47.3 Å². The Kier molecular flexibility index (Phi) is 7.57. The van der Waals surface area contributed by atoms with Crippen LogP contribution in [0.3, 0.4) is 0 Å². The Morgan fingerprint density at radius 2 is 1.51 bits per heavy atom. The highest BCUT2D eigenvalue weighted by molar-refractivity contribution is 8.01. The van der Waals surface area contributed by atoms with Gasteiger partial charge in [-0.25, -0.2) is 28.7 Å². The summed E-state index contributed by atoms with van der Waals surface area (Å²) in [7, 11) is -4.37. The Balaban J connectivity index is 1.16. The van der Waals surface area contributed by atoms with Crippen LogP contribution in [-0.4, -0.2) is 89.0 Å². The molecule has 3 aliphatic heterocycles. The van der Waals surface area contributed by atoms with Gasteiger partial charge in [-0.15, -0.1) is 18.1 Å². The van der Waals surface area contributed by atoms with E-state index in [0.29, 0.717) is 0 Å². The van der Waals surface area contributed by atoms with E-state index < -0.39 is 69.1 Å². The van der Waals surface area contributed by atoms with Crippen LogP contribution in [-0.2, 0) is 51.2 Å². The highest BCUT2D eigenvalue weighted by atomic mass is 32.4. The zero-order chi connectivity index (χ0) is 30.0. The molecular formula is C20H20F2N10O7P2S2+2. The third kappa shape index (κ3) is 5.08. The zero-order valence-corrected chi connectivity index (χ0v) is 24.8. The monoisotopic (exact) mass is 676 g/mol. The zero-order valence-electron chi connectivity index (χ0n) is 21.4. The molecule has 0 aliphatic carbocycles. The summed E-state index contributed by atoms with van der Waals surface area (Å²) in [5.74, 6) is -0.0572. The van der Waals surface area contributed by atoms with E-state index in [4.69, 9.17) is 62.6 Å². The number of aromatic nitrogens is 8. The van der Waals surface area contributed by atoms with Gasteiger partial charge in [-0.3, -0.25) is 18.9 Å². The number of nitrogen functional groups attached to an aromatic ring is 2. The number of imidazole rings is 2. The van der Waals surface area contributed by atoms with Crippen LogP contribution in [0.2, 0.25) is 0 Å². The smallest absolute Gasteiger partial charge is 0.382 e. The van der Waals surface area contributed by atoms with Gasteiger partial charge in [0.1, 0.15) is 37.3 Å². The summed E-state index contributed by atoms with van der Waals surface area (Å²) in [6.07, 6.45) is -6.99. The number of H-pyrrole nitrogens is 1. The van der Waals surface area contributed by atoms with E-state index in [0.717, 1.165) is 0 Å². The number of alkyl halides is 2. The second kappa shape index (κ2) is 11.3. The van der Waals surface area contributed by atoms with Crippen molar-refractivity contribution in [3.8, 4) is 0 Å². The Hall–Kier alpha value is -2.84.